The molecule has 2 rings (SSSR count). The van der Waals surface area contributed by atoms with E-state index in [0.29, 0.717) is 18.0 Å². The molecule has 0 unspecified atom stereocenters. The Hall–Kier alpha value is -0.630. The Labute approximate surface area is 112 Å². The summed E-state index contributed by atoms with van der Waals surface area (Å²) >= 11 is 1.13. The Morgan fingerprint density at radius 1 is 1.33 bits per heavy atom. The molecule has 0 bridgehead atoms. The average molecular weight is 290 g/mol. The second-order valence-electron chi connectivity index (χ2n) is 4.35. The summed E-state index contributed by atoms with van der Waals surface area (Å²) in [6.45, 7) is 7.32. The summed E-state index contributed by atoms with van der Waals surface area (Å²) in [4.78, 5) is 2.86. The second-order valence-corrected chi connectivity index (χ2v) is 7.77. The molecule has 1 aliphatic rings. The molecule has 7 heteroatoms. The minimum atomic E-state index is -3.43. The number of nitrogens with zero attached hydrogens (tertiary/aromatic N) is 2. The lowest BCUT2D eigenvalue weighted by Crippen LogP contribution is -2.48. The SMILES string of the molecule is CCN1CCN(S(=O)(=O)c2cc(O)c(C)s2)CC1. The predicted molar refractivity (Wildman–Crippen MR) is 71.6 cm³/mol. The largest absolute Gasteiger partial charge is 0.507 e. The highest BCUT2D eigenvalue weighted by atomic mass is 32.2. The summed E-state index contributed by atoms with van der Waals surface area (Å²) in [6, 6.07) is 1.35. The molecular formula is C11H18N2O3S2. The molecule has 0 aliphatic carbocycles. The van der Waals surface area contributed by atoms with Gasteiger partial charge in [-0.05, 0) is 13.5 Å². The van der Waals surface area contributed by atoms with Gasteiger partial charge in [-0.2, -0.15) is 4.31 Å². The molecule has 0 saturated carbocycles. The molecule has 102 valence electrons. The van der Waals surface area contributed by atoms with Crippen LogP contribution >= 0.6 is 11.3 Å². The number of piperazine rings is 1. The van der Waals surface area contributed by atoms with E-state index in [2.05, 4.69) is 11.8 Å². The molecule has 1 aromatic rings. The first-order valence-corrected chi connectivity index (χ1v) is 8.22. The third kappa shape index (κ3) is 2.54. The first-order chi connectivity index (χ1) is 8.45. The van der Waals surface area contributed by atoms with Gasteiger partial charge in [0.05, 0.1) is 0 Å². The van der Waals surface area contributed by atoms with Gasteiger partial charge in [-0.15, -0.1) is 11.3 Å². The molecule has 1 fully saturated rings. The van der Waals surface area contributed by atoms with Gasteiger partial charge in [0.15, 0.2) is 0 Å². The number of sulfonamides is 1. The topological polar surface area (TPSA) is 60.9 Å². The van der Waals surface area contributed by atoms with E-state index in [4.69, 9.17) is 0 Å². The average Bonchev–Trinajstić information content (AvgIpc) is 2.70. The summed E-state index contributed by atoms with van der Waals surface area (Å²) in [5.41, 5.74) is 0. The van der Waals surface area contributed by atoms with Crippen molar-refractivity contribution >= 4 is 21.4 Å². The zero-order valence-electron chi connectivity index (χ0n) is 10.6. The van der Waals surface area contributed by atoms with E-state index in [1.54, 1.807) is 6.92 Å². The first-order valence-electron chi connectivity index (χ1n) is 5.97. The Kier molecular flexibility index (Phi) is 3.96. The minimum Gasteiger partial charge on any atom is -0.507 e. The summed E-state index contributed by atoms with van der Waals surface area (Å²) in [6.07, 6.45) is 0. The highest BCUT2D eigenvalue weighted by molar-refractivity contribution is 7.91. The number of aryl methyl sites for hydroxylation is 1. The quantitative estimate of drug-likeness (QED) is 0.905. The van der Waals surface area contributed by atoms with Gasteiger partial charge >= 0.3 is 0 Å². The number of rotatable bonds is 3. The Balaban J connectivity index is 2.17. The van der Waals surface area contributed by atoms with Crippen LogP contribution in [0.5, 0.6) is 5.75 Å². The Morgan fingerprint density at radius 2 is 1.94 bits per heavy atom. The third-order valence-electron chi connectivity index (χ3n) is 3.24. The fraction of sp³-hybridized carbons (Fsp3) is 0.636. The molecule has 2 heterocycles. The van der Waals surface area contributed by atoms with Crippen LogP contribution in [0, 0.1) is 6.92 Å². The molecule has 18 heavy (non-hydrogen) atoms. The lowest BCUT2D eigenvalue weighted by Gasteiger charge is -2.32. The monoisotopic (exact) mass is 290 g/mol. The maximum atomic E-state index is 12.4. The van der Waals surface area contributed by atoms with Crippen LogP contribution in [-0.4, -0.2) is 55.5 Å². The maximum absolute atomic E-state index is 12.4. The third-order valence-corrected chi connectivity index (χ3v) is 6.63. The van der Waals surface area contributed by atoms with Crippen LogP contribution in [-0.2, 0) is 10.0 Å². The van der Waals surface area contributed by atoms with Crippen molar-refractivity contribution in [1.82, 2.24) is 9.21 Å². The van der Waals surface area contributed by atoms with Gasteiger partial charge < -0.3 is 10.0 Å². The molecule has 0 spiro atoms. The lowest BCUT2D eigenvalue weighted by molar-refractivity contribution is 0.196. The van der Waals surface area contributed by atoms with Crippen molar-refractivity contribution in [2.45, 2.75) is 18.1 Å². The number of thiophene rings is 1. The van der Waals surface area contributed by atoms with E-state index in [1.165, 1.54) is 10.4 Å². The molecule has 1 aromatic heterocycles. The highest BCUT2D eigenvalue weighted by Gasteiger charge is 2.29. The van der Waals surface area contributed by atoms with Gasteiger partial charge in [0.25, 0.3) is 10.0 Å². The van der Waals surface area contributed by atoms with Crippen LogP contribution in [0.4, 0.5) is 0 Å². The highest BCUT2D eigenvalue weighted by Crippen LogP contribution is 2.32. The molecule has 5 nitrogen and oxygen atoms in total. The van der Waals surface area contributed by atoms with Gasteiger partial charge in [0, 0.05) is 37.1 Å². The van der Waals surface area contributed by atoms with Gasteiger partial charge in [0.1, 0.15) is 9.96 Å². The summed E-state index contributed by atoms with van der Waals surface area (Å²) in [7, 11) is -3.43. The van der Waals surface area contributed by atoms with Crippen LogP contribution in [0.3, 0.4) is 0 Å². The van der Waals surface area contributed by atoms with Crippen LogP contribution in [0.2, 0.25) is 0 Å². The first kappa shape index (κ1) is 13.8. The van der Waals surface area contributed by atoms with Crippen molar-refractivity contribution in [2.24, 2.45) is 0 Å². The maximum Gasteiger partial charge on any atom is 0.252 e. The number of hydrogen-bond acceptors (Lipinski definition) is 5. The van der Waals surface area contributed by atoms with Crippen LogP contribution in [0.15, 0.2) is 10.3 Å². The van der Waals surface area contributed by atoms with Crippen molar-refractivity contribution in [3.8, 4) is 5.75 Å². The summed E-state index contributed by atoms with van der Waals surface area (Å²) < 4.78 is 26.5. The summed E-state index contributed by atoms with van der Waals surface area (Å²) in [5.74, 6) is 0.0609. The standard InChI is InChI=1S/C11H18N2O3S2/c1-3-12-4-6-13(7-5-12)18(15,16)11-8-10(14)9(2)17-11/h8,14H,3-7H2,1-2H3. The lowest BCUT2D eigenvalue weighted by atomic mass is 10.4. The molecule has 0 atom stereocenters. The molecular weight excluding hydrogens is 272 g/mol. The second kappa shape index (κ2) is 5.16. The van der Waals surface area contributed by atoms with E-state index < -0.39 is 10.0 Å². The van der Waals surface area contributed by atoms with Crippen molar-refractivity contribution < 1.29 is 13.5 Å². The molecule has 0 aromatic carbocycles. The normalized spacial score (nSPS) is 19.2. The summed E-state index contributed by atoms with van der Waals surface area (Å²) in [5, 5.41) is 9.50. The van der Waals surface area contributed by atoms with Gasteiger partial charge in [-0.25, -0.2) is 8.42 Å². The van der Waals surface area contributed by atoms with E-state index in [1.807, 2.05) is 0 Å². The fourth-order valence-electron chi connectivity index (χ4n) is 1.99. The van der Waals surface area contributed by atoms with Crippen molar-refractivity contribution in [1.29, 1.82) is 0 Å². The van der Waals surface area contributed by atoms with Crippen LogP contribution in [0.25, 0.3) is 0 Å². The molecule has 1 aliphatic heterocycles. The molecule has 1 N–H and O–H groups in total. The molecule has 0 radical (unpaired) electrons. The van der Waals surface area contributed by atoms with Crippen molar-refractivity contribution in [3.63, 3.8) is 0 Å². The van der Waals surface area contributed by atoms with Gasteiger partial charge in [-0.3, -0.25) is 0 Å². The van der Waals surface area contributed by atoms with Gasteiger partial charge in [0.2, 0.25) is 0 Å². The van der Waals surface area contributed by atoms with E-state index in [-0.39, 0.29) is 9.96 Å². The predicted octanol–water partition coefficient (Wildman–Crippen LogP) is 1.09. The van der Waals surface area contributed by atoms with Crippen molar-refractivity contribution in [2.75, 3.05) is 32.7 Å². The van der Waals surface area contributed by atoms with E-state index in [9.17, 15) is 13.5 Å². The van der Waals surface area contributed by atoms with Gasteiger partial charge in [-0.1, -0.05) is 6.92 Å². The minimum absolute atomic E-state index is 0.0609. The number of hydrogen-bond donors (Lipinski definition) is 1. The van der Waals surface area contributed by atoms with Crippen LogP contribution < -0.4 is 0 Å². The zero-order valence-corrected chi connectivity index (χ0v) is 12.2. The Bertz CT molecular complexity index is 497. The molecule has 1 saturated heterocycles. The van der Waals surface area contributed by atoms with E-state index in [0.717, 1.165) is 31.0 Å². The fourth-order valence-corrected chi connectivity index (χ4v) is 4.89. The number of aromatic hydroxyl groups is 1. The smallest absolute Gasteiger partial charge is 0.252 e. The van der Waals surface area contributed by atoms with Crippen molar-refractivity contribution in [3.05, 3.63) is 10.9 Å². The van der Waals surface area contributed by atoms with Crippen LogP contribution in [0.1, 0.15) is 11.8 Å². The molecule has 0 amide bonds. The number of likely N-dealkylation sites (N-methyl/N-ethyl adjacent to an activating group) is 1. The van der Waals surface area contributed by atoms with E-state index >= 15 is 0 Å². The zero-order chi connectivity index (χ0) is 13.3. The Morgan fingerprint density at radius 3 is 2.39 bits per heavy atom.